The molecule has 0 aliphatic carbocycles. The zero-order chi connectivity index (χ0) is 15.6. The van der Waals surface area contributed by atoms with Gasteiger partial charge >= 0.3 is 0 Å². The highest BCUT2D eigenvalue weighted by Gasteiger charge is 2.28. The van der Waals surface area contributed by atoms with Crippen LogP contribution in [0, 0.1) is 6.92 Å². The Kier molecular flexibility index (Phi) is 5.52. The second kappa shape index (κ2) is 6.99. The second-order valence-corrected chi connectivity index (χ2v) is 6.50. The van der Waals surface area contributed by atoms with E-state index < -0.39 is 6.10 Å². The molecule has 0 aliphatic rings. The third-order valence-electron chi connectivity index (χ3n) is 3.42. The maximum absolute atomic E-state index is 10.7. The summed E-state index contributed by atoms with van der Waals surface area (Å²) in [6, 6.07) is 5.29. The van der Waals surface area contributed by atoms with Crippen LogP contribution in [0.1, 0.15) is 28.0 Å². The number of aliphatic hydroxyl groups is 1. The largest absolute Gasteiger partial charge is 0.496 e. The molecule has 2 aromatic rings. The molecule has 0 saturated carbocycles. The minimum Gasteiger partial charge on any atom is -0.496 e. The monoisotopic (exact) mass is 345 g/mol. The maximum Gasteiger partial charge on any atom is 0.122 e. The first-order valence-corrected chi connectivity index (χ1v) is 8.08. The number of aryl methyl sites for hydroxylation is 1. The van der Waals surface area contributed by atoms with Crippen molar-refractivity contribution in [3.8, 4) is 5.75 Å². The molecule has 1 aromatic carbocycles. The van der Waals surface area contributed by atoms with E-state index in [2.05, 4.69) is 0 Å². The summed E-state index contributed by atoms with van der Waals surface area (Å²) in [5.41, 5.74) is 7.60. The molecule has 114 valence electrons. The molecule has 6 heteroatoms. The number of halogens is 2. The van der Waals surface area contributed by atoms with Crippen LogP contribution >= 0.6 is 34.5 Å². The van der Waals surface area contributed by atoms with Crippen molar-refractivity contribution >= 4 is 34.5 Å². The molecule has 21 heavy (non-hydrogen) atoms. The van der Waals surface area contributed by atoms with Gasteiger partial charge in [-0.3, -0.25) is 0 Å². The third-order valence-corrected chi connectivity index (χ3v) is 5.44. The number of methoxy groups -OCH3 is 1. The van der Waals surface area contributed by atoms with Gasteiger partial charge in [-0.2, -0.15) is 0 Å². The first-order valence-electron chi connectivity index (χ1n) is 6.44. The van der Waals surface area contributed by atoms with Crippen LogP contribution in [0.4, 0.5) is 0 Å². The lowest BCUT2D eigenvalue weighted by Gasteiger charge is -2.23. The van der Waals surface area contributed by atoms with Gasteiger partial charge in [-0.25, -0.2) is 0 Å². The summed E-state index contributed by atoms with van der Waals surface area (Å²) in [7, 11) is 1.58. The summed E-state index contributed by atoms with van der Waals surface area (Å²) in [6.45, 7) is 2.16. The van der Waals surface area contributed by atoms with Gasteiger partial charge in [0.15, 0.2) is 0 Å². The van der Waals surface area contributed by atoms with Crippen LogP contribution in [0.5, 0.6) is 5.75 Å². The number of ether oxygens (including phenoxy) is 1. The Labute approximate surface area is 138 Å². The molecule has 0 fully saturated rings. The predicted octanol–water partition coefficient (Wildman–Crippen LogP) is 4.15. The molecule has 1 aromatic heterocycles. The molecule has 2 rings (SSSR count). The van der Waals surface area contributed by atoms with Crippen molar-refractivity contribution < 1.29 is 9.84 Å². The van der Waals surface area contributed by atoms with Gasteiger partial charge in [0.2, 0.25) is 0 Å². The average molecular weight is 346 g/mol. The Bertz CT molecular complexity index is 630. The Morgan fingerprint density at radius 1 is 1.38 bits per heavy atom. The number of benzene rings is 1. The number of hydrogen-bond donors (Lipinski definition) is 2. The van der Waals surface area contributed by atoms with Gasteiger partial charge in [0, 0.05) is 23.0 Å². The summed E-state index contributed by atoms with van der Waals surface area (Å²) < 4.78 is 5.35. The number of hydrogen-bond acceptors (Lipinski definition) is 4. The highest BCUT2D eigenvalue weighted by atomic mass is 35.5. The van der Waals surface area contributed by atoms with Gasteiger partial charge < -0.3 is 15.6 Å². The van der Waals surface area contributed by atoms with E-state index >= 15 is 0 Å². The molecular formula is C15H17Cl2NO2S. The maximum atomic E-state index is 10.7. The quantitative estimate of drug-likeness (QED) is 0.855. The summed E-state index contributed by atoms with van der Waals surface area (Å²) >= 11 is 13.7. The van der Waals surface area contributed by atoms with Crippen molar-refractivity contribution in [2.45, 2.75) is 18.9 Å². The predicted molar refractivity (Wildman–Crippen MR) is 88.8 cm³/mol. The fraction of sp³-hybridized carbons (Fsp3) is 0.333. The molecular weight excluding hydrogens is 329 g/mol. The number of aliphatic hydroxyl groups excluding tert-OH is 1. The van der Waals surface area contributed by atoms with Crippen molar-refractivity contribution in [2.75, 3.05) is 13.7 Å². The first kappa shape index (κ1) is 16.6. The molecule has 1 heterocycles. The lowest BCUT2D eigenvalue weighted by Crippen LogP contribution is -2.20. The molecule has 0 spiro atoms. The first-order chi connectivity index (χ1) is 9.99. The average Bonchev–Trinajstić information content (AvgIpc) is 2.80. The van der Waals surface area contributed by atoms with E-state index in [1.807, 2.05) is 12.3 Å². The summed E-state index contributed by atoms with van der Waals surface area (Å²) in [6.07, 6.45) is -0.798. The Morgan fingerprint density at radius 2 is 2.10 bits per heavy atom. The van der Waals surface area contributed by atoms with Crippen molar-refractivity contribution in [3.05, 3.63) is 49.6 Å². The standard InChI is InChI=1S/C15H17Cl2NO2S/c1-8-7-21-15(13(8)17)14(19)11(6-18)10-5-9(16)3-4-12(10)20-2/h3-5,7,11,14,19H,6,18H2,1-2H3. The van der Waals surface area contributed by atoms with Crippen molar-refractivity contribution in [2.24, 2.45) is 5.73 Å². The fourth-order valence-electron chi connectivity index (χ4n) is 2.25. The summed E-state index contributed by atoms with van der Waals surface area (Å²) in [4.78, 5) is 0.714. The highest BCUT2D eigenvalue weighted by molar-refractivity contribution is 7.10. The lowest BCUT2D eigenvalue weighted by atomic mass is 9.91. The molecule has 0 radical (unpaired) electrons. The summed E-state index contributed by atoms with van der Waals surface area (Å²) in [5, 5.41) is 13.8. The van der Waals surface area contributed by atoms with Crippen LogP contribution in [-0.2, 0) is 0 Å². The molecule has 2 unspecified atom stereocenters. The van der Waals surface area contributed by atoms with Crippen molar-refractivity contribution in [1.29, 1.82) is 0 Å². The van der Waals surface area contributed by atoms with Crippen LogP contribution in [-0.4, -0.2) is 18.8 Å². The van der Waals surface area contributed by atoms with E-state index in [0.717, 1.165) is 11.1 Å². The molecule has 2 atom stereocenters. The van der Waals surface area contributed by atoms with Crippen molar-refractivity contribution in [1.82, 2.24) is 0 Å². The number of rotatable bonds is 5. The van der Waals surface area contributed by atoms with E-state index in [1.165, 1.54) is 11.3 Å². The zero-order valence-corrected chi connectivity index (χ0v) is 14.1. The third kappa shape index (κ3) is 3.35. The van der Waals surface area contributed by atoms with Gasteiger partial charge in [-0.15, -0.1) is 11.3 Å². The van der Waals surface area contributed by atoms with E-state index in [9.17, 15) is 5.11 Å². The second-order valence-electron chi connectivity index (χ2n) is 4.77. The van der Waals surface area contributed by atoms with Crippen LogP contribution < -0.4 is 10.5 Å². The van der Waals surface area contributed by atoms with E-state index in [-0.39, 0.29) is 12.5 Å². The number of thiophene rings is 1. The van der Waals surface area contributed by atoms with E-state index in [4.69, 9.17) is 33.7 Å². The molecule has 0 bridgehead atoms. The topological polar surface area (TPSA) is 55.5 Å². The van der Waals surface area contributed by atoms with Gasteiger partial charge in [0.1, 0.15) is 5.75 Å². The van der Waals surface area contributed by atoms with Crippen LogP contribution in [0.2, 0.25) is 10.0 Å². The van der Waals surface area contributed by atoms with Crippen molar-refractivity contribution in [3.63, 3.8) is 0 Å². The van der Waals surface area contributed by atoms with Crippen LogP contribution in [0.15, 0.2) is 23.6 Å². The molecule has 3 N–H and O–H groups in total. The Hall–Kier alpha value is -0.780. The van der Waals surface area contributed by atoms with Crippen LogP contribution in [0.3, 0.4) is 0 Å². The van der Waals surface area contributed by atoms with Crippen LogP contribution in [0.25, 0.3) is 0 Å². The normalized spacial score (nSPS) is 14.0. The Morgan fingerprint density at radius 3 is 2.62 bits per heavy atom. The molecule has 0 aliphatic heterocycles. The fourth-order valence-corrected chi connectivity index (χ4v) is 3.79. The molecule has 0 saturated heterocycles. The highest BCUT2D eigenvalue weighted by Crippen LogP contribution is 2.42. The SMILES string of the molecule is COc1ccc(Cl)cc1C(CN)C(O)c1scc(C)c1Cl. The van der Waals surface area contributed by atoms with E-state index in [0.29, 0.717) is 20.7 Å². The lowest BCUT2D eigenvalue weighted by molar-refractivity contribution is 0.149. The molecule has 3 nitrogen and oxygen atoms in total. The molecule has 0 amide bonds. The van der Waals surface area contributed by atoms with Gasteiger partial charge in [-0.05, 0) is 36.1 Å². The minimum atomic E-state index is -0.798. The van der Waals surface area contributed by atoms with Gasteiger partial charge in [-0.1, -0.05) is 23.2 Å². The van der Waals surface area contributed by atoms with Gasteiger partial charge in [0.25, 0.3) is 0 Å². The smallest absolute Gasteiger partial charge is 0.122 e. The minimum absolute atomic E-state index is 0.255. The van der Waals surface area contributed by atoms with E-state index in [1.54, 1.807) is 25.3 Å². The van der Waals surface area contributed by atoms with Gasteiger partial charge in [0.05, 0.1) is 23.1 Å². The summed E-state index contributed by atoms with van der Waals surface area (Å²) in [5.74, 6) is 0.313. The Balaban J connectivity index is 2.44. The number of nitrogens with two attached hydrogens (primary N) is 1. The zero-order valence-electron chi connectivity index (χ0n) is 11.8.